The van der Waals surface area contributed by atoms with Crippen molar-refractivity contribution in [3.8, 4) is 5.75 Å². The molecule has 1 spiro atoms. The number of halogens is 1. The van der Waals surface area contributed by atoms with Crippen molar-refractivity contribution in [1.82, 2.24) is 10.2 Å². The number of nitrogens with one attached hydrogen (secondary N) is 2. The van der Waals surface area contributed by atoms with Crippen molar-refractivity contribution in [2.24, 2.45) is 17.8 Å². The molecule has 3 aliphatic heterocycles. The lowest BCUT2D eigenvalue weighted by Crippen LogP contribution is -2.55. The van der Waals surface area contributed by atoms with Gasteiger partial charge in [-0.1, -0.05) is 60.1 Å². The normalized spacial score (nSPS) is 29.4. The van der Waals surface area contributed by atoms with E-state index in [4.69, 9.17) is 4.74 Å². The predicted octanol–water partition coefficient (Wildman–Crippen LogP) is 3.82. The van der Waals surface area contributed by atoms with Crippen LogP contribution in [0.3, 0.4) is 0 Å². The number of rotatable bonds is 10. The highest BCUT2D eigenvalue weighted by molar-refractivity contribution is 9.09. The zero-order chi connectivity index (χ0) is 28.6. The molecule has 3 fully saturated rings. The van der Waals surface area contributed by atoms with Crippen LogP contribution in [0, 0.1) is 17.8 Å². The topological polar surface area (TPSA) is 108 Å². The van der Waals surface area contributed by atoms with Gasteiger partial charge < -0.3 is 25.4 Å². The van der Waals surface area contributed by atoms with Gasteiger partial charge in [0.05, 0.1) is 36.3 Å². The van der Waals surface area contributed by atoms with E-state index in [0.29, 0.717) is 30.8 Å². The molecule has 40 heavy (non-hydrogen) atoms. The third kappa shape index (κ3) is 5.14. The Bertz CT molecular complexity index is 1250. The fraction of sp³-hybridized carbons (Fsp3) is 0.500. The largest absolute Gasteiger partial charge is 0.497 e. The van der Waals surface area contributed by atoms with E-state index >= 15 is 0 Å². The number of carbonyl (C=O) groups excluding carboxylic acids is 3. The van der Waals surface area contributed by atoms with Crippen LogP contribution in [0.25, 0.3) is 0 Å². The van der Waals surface area contributed by atoms with Gasteiger partial charge in [-0.15, -0.1) is 11.8 Å². The Morgan fingerprint density at radius 1 is 1.15 bits per heavy atom. The number of aliphatic hydroxyl groups excluding tert-OH is 1. The number of nitrogens with zero attached hydrogens (tertiary/aromatic N) is 1. The minimum atomic E-state index is -0.829. The molecule has 3 amide bonds. The zero-order valence-electron chi connectivity index (χ0n) is 22.9. The second-order valence-corrected chi connectivity index (χ2v) is 14.0. The van der Waals surface area contributed by atoms with E-state index in [1.54, 1.807) is 48.0 Å². The fourth-order valence-corrected chi connectivity index (χ4v) is 10.3. The number of likely N-dealkylation sites (tertiary alicyclic amines) is 1. The van der Waals surface area contributed by atoms with Crippen molar-refractivity contribution in [3.05, 3.63) is 60.2 Å². The molecule has 0 radical (unpaired) electrons. The summed E-state index contributed by atoms with van der Waals surface area (Å²) in [6, 6.07) is 15.4. The lowest BCUT2D eigenvalue weighted by atomic mass is 9.70. The number of anilines is 1. The molecule has 0 saturated carbocycles. The first-order chi connectivity index (χ1) is 19.2. The van der Waals surface area contributed by atoms with Crippen LogP contribution in [-0.4, -0.2) is 68.4 Å². The Morgan fingerprint density at radius 3 is 2.48 bits per heavy atom. The Labute approximate surface area is 247 Å². The summed E-state index contributed by atoms with van der Waals surface area (Å²) in [7, 11) is 1.58. The number of methoxy groups -OCH3 is 1. The molecular weight excluding hydrogens is 594 g/mol. The maximum Gasteiger partial charge on any atom is 0.248 e. The summed E-state index contributed by atoms with van der Waals surface area (Å²) in [5.41, 5.74) is 1.57. The number of thioether (sulfide) groups is 1. The summed E-state index contributed by atoms with van der Waals surface area (Å²) >= 11 is 5.39. The van der Waals surface area contributed by atoms with Crippen LogP contribution < -0.4 is 15.4 Å². The van der Waals surface area contributed by atoms with Gasteiger partial charge in [0.15, 0.2) is 0 Å². The number of carbonyl (C=O) groups is 3. The molecular formula is C30H36BrN3O5S. The number of benzene rings is 2. The quantitative estimate of drug-likeness (QED) is 0.345. The van der Waals surface area contributed by atoms with Crippen LogP contribution in [0.15, 0.2) is 54.6 Å². The molecule has 3 unspecified atom stereocenters. The number of hydrogen-bond acceptors (Lipinski definition) is 6. The highest BCUT2D eigenvalue weighted by atomic mass is 79.9. The van der Waals surface area contributed by atoms with E-state index in [-0.39, 0.29) is 40.3 Å². The Kier molecular flexibility index (Phi) is 8.50. The van der Waals surface area contributed by atoms with Gasteiger partial charge in [-0.05, 0) is 48.6 Å². The number of aliphatic hydroxyl groups is 1. The number of fused-ring (bicyclic) bond motifs is 1. The van der Waals surface area contributed by atoms with Gasteiger partial charge in [-0.2, -0.15) is 0 Å². The first-order valence-corrected chi connectivity index (χ1v) is 15.5. The summed E-state index contributed by atoms with van der Waals surface area (Å²) in [5, 5.41) is 16.4. The summed E-state index contributed by atoms with van der Waals surface area (Å²) in [4.78, 5) is 43.7. The summed E-state index contributed by atoms with van der Waals surface area (Å²) in [6.07, 6.45) is 1.13. The Balaban J connectivity index is 1.48. The highest BCUT2D eigenvalue weighted by Crippen LogP contribution is 2.68. The second-order valence-electron chi connectivity index (χ2n) is 11.3. The number of hydrogen-bond donors (Lipinski definition) is 3. The first kappa shape index (κ1) is 29.0. The van der Waals surface area contributed by atoms with Crippen LogP contribution in [0.5, 0.6) is 5.75 Å². The van der Waals surface area contributed by atoms with Gasteiger partial charge in [0.25, 0.3) is 0 Å². The van der Waals surface area contributed by atoms with Gasteiger partial charge >= 0.3 is 0 Å². The molecule has 2 aromatic carbocycles. The van der Waals surface area contributed by atoms with Crippen molar-refractivity contribution in [3.63, 3.8) is 0 Å². The molecule has 8 nitrogen and oxygen atoms in total. The number of ether oxygens (including phenoxy) is 1. The lowest BCUT2D eigenvalue weighted by Gasteiger charge is -2.37. The standard InChI is InChI=1S/C30H36BrN3O5S/c1-17(2)13-20(16-35)34-26(28(37)33-19-9-11-21(39-3)12-10-19)30-14-22(31)25(40-30)23(24(30)29(34)38)27(36)32-15-18-7-5-4-6-8-18/h4-12,17,20,22-26,35H,13-16H2,1-3H3,(H,32,36)(H,33,37)/t20-,22?,23+,24+,25+,26?,30?/m1/s1. The predicted molar refractivity (Wildman–Crippen MR) is 159 cm³/mol. The van der Waals surface area contributed by atoms with E-state index in [1.165, 1.54) is 0 Å². The molecule has 2 bridgehead atoms. The third-order valence-electron chi connectivity index (χ3n) is 8.29. The van der Waals surface area contributed by atoms with E-state index in [1.807, 2.05) is 44.2 Å². The molecule has 3 N–H and O–H groups in total. The SMILES string of the molecule is COc1ccc(NC(=O)C2N([C@@H](CO)CC(C)C)C(=O)[C@@H]3[C@H](C(=O)NCc4ccccc4)[C@H]4SC23CC4Br)cc1. The molecule has 5 rings (SSSR count). The average molecular weight is 631 g/mol. The average Bonchev–Trinajstić information content (AvgIpc) is 3.54. The second kappa shape index (κ2) is 11.7. The Morgan fingerprint density at radius 2 is 1.85 bits per heavy atom. The van der Waals surface area contributed by atoms with Crippen molar-refractivity contribution in [2.75, 3.05) is 19.0 Å². The van der Waals surface area contributed by atoms with E-state index in [0.717, 1.165) is 5.56 Å². The zero-order valence-corrected chi connectivity index (χ0v) is 25.3. The first-order valence-electron chi connectivity index (χ1n) is 13.7. The molecule has 3 saturated heterocycles. The van der Waals surface area contributed by atoms with Crippen LogP contribution in [0.4, 0.5) is 5.69 Å². The lowest BCUT2D eigenvalue weighted by molar-refractivity contribution is -0.142. The van der Waals surface area contributed by atoms with Gasteiger partial charge in [0.2, 0.25) is 17.7 Å². The van der Waals surface area contributed by atoms with Gasteiger partial charge in [-0.25, -0.2) is 0 Å². The van der Waals surface area contributed by atoms with Gasteiger partial charge in [-0.3, -0.25) is 14.4 Å². The summed E-state index contributed by atoms with van der Waals surface area (Å²) < 4.78 is 4.45. The highest BCUT2D eigenvalue weighted by Gasteiger charge is 2.76. The molecule has 10 heteroatoms. The maximum atomic E-state index is 14.3. The number of alkyl halides is 1. The van der Waals surface area contributed by atoms with Crippen LogP contribution >= 0.6 is 27.7 Å². The summed E-state index contributed by atoms with van der Waals surface area (Å²) in [6.45, 7) is 4.18. The van der Waals surface area contributed by atoms with E-state index in [2.05, 4.69) is 26.6 Å². The molecule has 3 aliphatic rings. The smallest absolute Gasteiger partial charge is 0.248 e. The van der Waals surface area contributed by atoms with Crippen LogP contribution in [-0.2, 0) is 20.9 Å². The van der Waals surface area contributed by atoms with Crippen molar-refractivity contribution in [2.45, 2.75) is 60.1 Å². The fourth-order valence-electron chi connectivity index (χ4n) is 6.67. The molecule has 214 valence electrons. The monoisotopic (exact) mass is 629 g/mol. The van der Waals surface area contributed by atoms with Gasteiger partial charge in [0, 0.05) is 22.3 Å². The third-order valence-corrected chi connectivity index (χ3v) is 11.5. The Hall–Kier alpha value is -2.56. The maximum absolute atomic E-state index is 14.3. The van der Waals surface area contributed by atoms with Crippen LogP contribution in [0.2, 0.25) is 0 Å². The van der Waals surface area contributed by atoms with E-state index in [9.17, 15) is 19.5 Å². The van der Waals surface area contributed by atoms with Crippen molar-refractivity contribution in [1.29, 1.82) is 0 Å². The molecule has 7 atom stereocenters. The van der Waals surface area contributed by atoms with Crippen LogP contribution in [0.1, 0.15) is 32.3 Å². The molecule has 3 heterocycles. The van der Waals surface area contributed by atoms with Crippen molar-refractivity contribution < 1.29 is 24.2 Å². The molecule has 0 aromatic heterocycles. The molecule has 2 aromatic rings. The van der Waals surface area contributed by atoms with Crippen molar-refractivity contribution >= 4 is 51.1 Å². The minimum absolute atomic E-state index is 0.0251. The minimum Gasteiger partial charge on any atom is -0.497 e. The molecule has 0 aliphatic carbocycles. The van der Waals surface area contributed by atoms with E-state index < -0.39 is 28.7 Å². The van der Waals surface area contributed by atoms with Gasteiger partial charge in [0.1, 0.15) is 11.8 Å². The summed E-state index contributed by atoms with van der Waals surface area (Å²) in [5.74, 6) is -1.07. The number of amides is 3.